The lowest BCUT2D eigenvalue weighted by Gasteiger charge is -2.20. The summed E-state index contributed by atoms with van der Waals surface area (Å²) in [7, 11) is 1.16. The van der Waals surface area contributed by atoms with Gasteiger partial charge in [0.05, 0.1) is 42.0 Å². The lowest BCUT2D eigenvalue weighted by molar-refractivity contribution is 0.0739. The number of methoxy groups -OCH3 is 1. The minimum Gasteiger partial charge on any atom is -0.491 e. The zero-order valence-electron chi connectivity index (χ0n) is 21.0. The number of nitrogens with zero attached hydrogens (tertiary/aromatic N) is 4. The lowest BCUT2D eigenvalue weighted by Crippen LogP contribution is -2.29. The van der Waals surface area contributed by atoms with Gasteiger partial charge in [-0.05, 0) is 57.0 Å². The minimum atomic E-state index is -1.14. The fourth-order valence-electron chi connectivity index (χ4n) is 4.75. The number of hydrogen-bond donors (Lipinski definition) is 2. The van der Waals surface area contributed by atoms with Crippen LogP contribution in [0.25, 0.3) is 32.6 Å². The van der Waals surface area contributed by atoms with Crippen LogP contribution in [0.15, 0.2) is 47.4 Å². The van der Waals surface area contributed by atoms with Crippen molar-refractivity contribution in [1.29, 1.82) is 0 Å². The molecule has 0 amide bonds. The highest BCUT2D eigenvalue weighted by atomic mass is 19.1. The van der Waals surface area contributed by atoms with Gasteiger partial charge >= 0.3 is 0 Å². The molecule has 10 heteroatoms. The van der Waals surface area contributed by atoms with Crippen LogP contribution in [0.1, 0.15) is 44.2 Å². The van der Waals surface area contributed by atoms with Crippen LogP contribution in [0, 0.1) is 18.2 Å². The van der Waals surface area contributed by atoms with Crippen molar-refractivity contribution in [1.82, 2.24) is 19.9 Å². The van der Waals surface area contributed by atoms with Crippen molar-refractivity contribution in [2.45, 2.75) is 38.3 Å². The summed E-state index contributed by atoms with van der Waals surface area (Å²) in [6, 6.07) is 8.23. The molecule has 194 valence electrons. The molecule has 8 nitrogen and oxygen atoms in total. The van der Waals surface area contributed by atoms with Crippen LogP contribution in [0.2, 0.25) is 0 Å². The first-order valence-corrected chi connectivity index (χ1v) is 12.1. The van der Waals surface area contributed by atoms with Gasteiger partial charge in [-0.2, -0.15) is 0 Å². The van der Waals surface area contributed by atoms with E-state index in [0.29, 0.717) is 41.1 Å². The van der Waals surface area contributed by atoms with E-state index in [0.717, 1.165) is 25.7 Å². The van der Waals surface area contributed by atoms with E-state index in [2.05, 4.69) is 15.1 Å². The fraction of sp³-hybridized carbons (Fsp3) is 0.286. The summed E-state index contributed by atoms with van der Waals surface area (Å²) in [5.74, 6) is -2.14. The Morgan fingerprint density at radius 3 is 2.50 bits per heavy atom. The van der Waals surface area contributed by atoms with Gasteiger partial charge in [-0.1, -0.05) is 6.07 Å². The summed E-state index contributed by atoms with van der Waals surface area (Å²) in [4.78, 5) is 26.7. The maximum Gasteiger partial charge on any atom is 0.264 e. The number of nitrogens with one attached hydrogen (secondary N) is 1. The number of aromatic nitrogens is 3. The van der Waals surface area contributed by atoms with Crippen molar-refractivity contribution in [3.63, 3.8) is 0 Å². The number of aliphatic hydroxyl groups is 1. The van der Waals surface area contributed by atoms with Gasteiger partial charge in [0.1, 0.15) is 11.4 Å². The van der Waals surface area contributed by atoms with Crippen molar-refractivity contribution >= 4 is 16.6 Å². The van der Waals surface area contributed by atoms with Crippen LogP contribution in [-0.4, -0.2) is 33.3 Å². The van der Waals surface area contributed by atoms with Crippen molar-refractivity contribution in [2.75, 3.05) is 13.7 Å². The Balaban J connectivity index is 1.82. The molecule has 38 heavy (non-hydrogen) atoms. The van der Waals surface area contributed by atoms with Crippen LogP contribution in [0.5, 0.6) is 5.75 Å². The van der Waals surface area contributed by atoms with Crippen molar-refractivity contribution in [3.8, 4) is 22.6 Å². The second-order valence-electron chi connectivity index (χ2n) is 9.69. The number of benzene rings is 2. The third kappa shape index (κ3) is 4.40. The molecule has 0 bridgehead atoms. The summed E-state index contributed by atoms with van der Waals surface area (Å²) in [6.45, 7) is 11.5. The standard InChI is InChI=1S/C28H25F2N5O3/c1-28(2,37)23-8-7-15(14-33-23)18-10-16(31-3)11-19-24(18)34-26(22-6-5-9-32-22)35(27(19)36)17-12-20(29)25(38-4)21(30)13-17/h7-8,10-14,22,32,37H,5-6,9H2,1-2,4H3. The number of halogens is 2. The molecular weight excluding hydrogens is 492 g/mol. The van der Waals surface area contributed by atoms with Crippen molar-refractivity contribution in [2.24, 2.45) is 0 Å². The van der Waals surface area contributed by atoms with Crippen molar-refractivity contribution < 1.29 is 18.6 Å². The monoisotopic (exact) mass is 517 g/mol. The van der Waals surface area contributed by atoms with E-state index in [1.807, 2.05) is 0 Å². The Labute approximate surface area is 217 Å². The molecule has 0 saturated carbocycles. The summed E-state index contributed by atoms with van der Waals surface area (Å²) < 4.78 is 35.4. The molecule has 4 aromatic rings. The highest BCUT2D eigenvalue weighted by molar-refractivity contribution is 5.96. The average molecular weight is 518 g/mol. The van der Waals surface area contributed by atoms with Gasteiger partial charge in [0.2, 0.25) is 0 Å². The lowest BCUT2D eigenvalue weighted by atomic mass is 9.99. The molecule has 0 aliphatic carbocycles. The van der Waals surface area contributed by atoms with Gasteiger partial charge in [0, 0.05) is 23.9 Å². The molecule has 3 heterocycles. The Kier molecular flexibility index (Phi) is 6.42. The Morgan fingerprint density at radius 1 is 1.21 bits per heavy atom. The summed E-state index contributed by atoms with van der Waals surface area (Å²) >= 11 is 0. The first-order valence-electron chi connectivity index (χ1n) is 12.1. The van der Waals surface area contributed by atoms with Crippen LogP contribution in [-0.2, 0) is 5.60 Å². The maximum absolute atomic E-state index is 14.7. The molecule has 0 spiro atoms. The molecule has 1 saturated heterocycles. The van der Waals surface area contributed by atoms with Crippen molar-refractivity contribution in [3.05, 3.63) is 87.5 Å². The Hall–Kier alpha value is -4.20. The molecule has 1 aliphatic rings. The highest BCUT2D eigenvalue weighted by Crippen LogP contribution is 2.34. The van der Waals surface area contributed by atoms with Crippen LogP contribution in [0.3, 0.4) is 0 Å². The quantitative estimate of drug-likeness (QED) is 0.365. The maximum atomic E-state index is 14.7. The normalized spacial score (nSPS) is 15.6. The average Bonchev–Trinajstić information content (AvgIpc) is 3.42. The molecule has 2 N–H and O–H groups in total. The Morgan fingerprint density at radius 2 is 1.95 bits per heavy atom. The van der Waals surface area contributed by atoms with E-state index >= 15 is 0 Å². The fourth-order valence-corrected chi connectivity index (χ4v) is 4.75. The van der Waals surface area contributed by atoms with E-state index < -0.39 is 28.5 Å². The predicted molar refractivity (Wildman–Crippen MR) is 139 cm³/mol. The number of hydrogen-bond acceptors (Lipinski definition) is 6. The molecule has 2 aromatic carbocycles. The molecule has 1 unspecified atom stereocenters. The molecule has 1 fully saturated rings. The number of rotatable bonds is 5. The van der Waals surface area contributed by atoms with Gasteiger partial charge < -0.3 is 15.2 Å². The van der Waals surface area contributed by atoms with Gasteiger partial charge in [0.25, 0.3) is 5.56 Å². The first-order chi connectivity index (χ1) is 18.1. The topological polar surface area (TPSA) is 93.6 Å². The molecule has 5 rings (SSSR count). The van der Waals surface area contributed by atoms with Crippen LogP contribution < -0.4 is 15.6 Å². The third-order valence-electron chi connectivity index (χ3n) is 6.63. The summed E-state index contributed by atoms with van der Waals surface area (Å²) in [6.07, 6.45) is 3.08. The van der Waals surface area contributed by atoms with Crippen LogP contribution in [0.4, 0.5) is 14.5 Å². The van der Waals surface area contributed by atoms with Gasteiger partial charge in [-0.3, -0.25) is 14.3 Å². The molecule has 1 atom stereocenters. The second-order valence-corrected chi connectivity index (χ2v) is 9.69. The van der Waals surface area contributed by atoms with E-state index in [9.17, 15) is 18.7 Å². The van der Waals surface area contributed by atoms with Gasteiger partial charge in [0.15, 0.2) is 23.1 Å². The van der Waals surface area contributed by atoms with E-state index in [4.69, 9.17) is 16.3 Å². The molecule has 2 aromatic heterocycles. The van der Waals surface area contributed by atoms with E-state index in [-0.39, 0.29) is 22.8 Å². The highest BCUT2D eigenvalue weighted by Gasteiger charge is 2.27. The van der Waals surface area contributed by atoms with E-state index in [1.54, 1.807) is 38.2 Å². The van der Waals surface area contributed by atoms with E-state index in [1.165, 1.54) is 10.6 Å². The predicted octanol–water partition coefficient (Wildman–Crippen LogP) is 4.94. The molecule has 0 radical (unpaired) electrons. The SMILES string of the molecule is [C-]#[N+]c1cc(-c2ccc(C(C)(C)O)nc2)c2nc(C3CCCN3)n(-c3cc(F)c(OC)c(F)c3)c(=O)c2c1. The van der Waals surface area contributed by atoms with Gasteiger partial charge in [-0.15, -0.1) is 0 Å². The minimum absolute atomic E-state index is 0.0325. The second kappa shape index (κ2) is 9.59. The summed E-state index contributed by atoms with van der Waals surface area (Å²) in [5, 5.41) is 13.7. The summed E-state index contributed by atoms with van der Waals surface area (Å²) in [5.41, 5.74) is 0.378. The molecule has 1 aliphatic heterocycles. The third-order valence-corrected chi connectivity index (χ3v) is 6.63. The number of fused-ring (bicyclic) bond motifs is 1. The number of ether oxygens (including phenoxy) is 1. The number of pyridine rings is 1. The zero-order valence-corrected chi connectivity index (χ0v) is 21.0. The largest absolute Gasteiger partial charge is 0.491 e. The Bertz CT molecular complexity index is 1620. The smallest absolute Gasteiger partial charge is 0.264 e. The van der Waals surface area contributed by atoms with Gasteiger partial charge in [-0.25, -0.2) is 18.6 Å². The zero-order chi connectivity index (χ0) is 27.2. The first kappa shape index (κ1) is 25.4. The van der Waals surface area contributed by atoms with Crippen LogP contribution >= 0.6 is 0 Å². The molecular formula is C28H25F2N5O3.